The van der Waals surface area contributed by atoms with Crippen molar-refractivity contribution in [3.05, 3.63) is 117 Å². The van der Waals surface area contributed by atoms with Gasteiger partial charge in [0.05, 0.1) is 35.9 Å². The molecule has 0 spiro atoms. The Morgan fingerprint density at radius 1 is 0.927 bits per heavy atom. The van der Waals surface area contributed by atoms with E-state index < -0.39 is 23.6 Å². The molecule has 0 aliphatic rings. The highest BCUT2D eigenvalue weighted by molar-refractivity contribution is 5.96. The first-order valence-corrected chi connectivity index (χ1v) is 12.8. The van der Waals surface area contributed by atoms with Crippen molar-refractivity contribution < 1.29 is 31.9 Å². The first-order valence-electron chi connectivity index (χ1n) is 12.8. The Balaban J connectivity index is 1.62. The van der Waals surface area contributed by atoms with Crippen molar-refractivity contribution in [2.75, 3.05) is 26.8 Å². The van der Waals surface area contributed by atoms with Gasteiger partial charge in [-0.15, -0.1) is 0 Å². The smallest absolute Gasteiger partial charge is 0.416 e. The second-order valence-electron chi connectivity index (χ2n) is 9.62. The summed E-state index contributed by atoms with van der Waals surface area (Å²) < 4.78 is 49.8. The van der Waals surface area contributed by atoms with Gasteiger partial charge in [0.2, 0.25) is 5.91 Å². The molecule has 2 amide bonds. The SMILES string of the molecule is COCCN(CC(=O)N(Cc1ccccc1)Cc1coc2ccc(C)cc2c1=O)C(=O)c1ccc(C(F)(F)F)cc1. The number of hydrogen-bond donors (Lipinski definition) is 0. The van der Waals surface area contributed by atoms with Crippen molar-refractivity contribution in [1.82, 2.24) is 9.80 Å². The predicted octanol–water partition coefficient (Wildman–Crippen LogP) is 5.44. The second kappa shape index (κ2) is 12.8. The minimum absolute atomic E-state index is 0.00190. The summed E-state index contributed by atoms with van der Waals surface area (Å²) in [5.74, 6) is -1.08. The van der Waals surface area contributed by atoms with Gasteiger partial charge < -0.3 is 19.0 Å². The Hall–Kier alpha value is -4.44. The number of aryl methyl sites for hydroxylation is 1. The molecule has 1 aromatic heterocycles. The fourth-order valence-corrected chi connectivity index (χ4v) is 4.34. The third-order valence-corrected chi connectivity index (χ3v) is 6.57. The van der Waals surface area contributed by atoms with Gasteiger partial charge in [-0.05, 0) is 48.9 Å². The van der Waals surface area contributed by atoms with Crippen LogP contribution in [-0.4, -0.2) is 48.4 Å². The minimum atomic E-state index is -4.54. The second-order valence-corrected chi connectivity index (χ2v) is 9.62. The summed E-state index contributed by atoms with van der Waals surface area (Å²) in [6, 6.07) is 18.2. The van der Waals surface area contributed by atoms with Crippen LogP contribution in [0.2, 0.25) is 0 Å². The minimum Gasteiger partial charge on any atom is -0.464 e. The van der Waals surface area contributed by atoms with Gasteiger partial charge in [-0.2, -0.15) is 13.2 Å². The average Bonchev–Trinajstić information content (AvgIpc) is 2.96. The molecule has 1 heterocycles. The van der Waals surface area contributed by atoms with Crippen molar-refractivity contribution in [1.29, 1.82) is 0 Å². The normalized spacial score (nSPS) is 11.4. The summed E-state index contributed by atoms with van der Waals surface area (Å²) in [6.07, 6.45) is -3.21. The van der Waals surface area contributed by atoms with Gasteiger partial charge in [0.25, 0.3) is 5.91 Å². The molecule has 0 fully saturated rings. The third kappa shape index (κ3) is 7.40. The highest BCUT2D eigenvalue weighted by Gasteiger charge is 2.31. The van der Waals surface area contributed by atoms with Crippen LogP contribution < -0.4 is 5.43 Å². The van der Waals surface area contributed by atoms with E-state index in [1.165, 1.54) is 23.2 Å². The summed E-state index contributed by atoms with van der Waals surface area (Å²) in [5.41, 5.74) is 1.24. The van der Waals surface area contributed by atoms with Crippen LogP contribution in [0.3, 0.4) is 0 Å². The molecule has 0 radical (unpaired) electrons. The molecule has 41 heavy (non-hydrogen) atoms. The van der Waals surface area contributed by atoms with Gasteiger partial charge in [-0.1, -0.05) is 42.0 Å². The summed E-state index contributed by atoms with van der Waals surface area (Å²) in [7, 11) is 1.44. The van der Waals surface area contributed by atoms with E-state index in [0.29, 0.717) is 11.0 Å². The highest BCUT2D eigenvalue weighted by atomic mass is 19.4. The topological polar surface area (TPSA) is 80.1 Å². The van der Waals surface area contributed by atoms with E-state index in [-0.39, 0.29) is 49.3 Å². The first-order chi connectivity index (χ1) is 19.6. The molecule has 0 unspecified atom stereocenters. The van der Waals surface area contributed by atoms with Gasteiger partial charge >= 0.3 is 6.18 Å². The number of halogens is 3. The molecular weight excluding hydrogens is 537 g/mol. The number of amides is 2. The number of benzene rings is 3. The van der Waals surface area contributed by atoms with Crippen LogP contribution in [0.25, 0.3) is 11.0 Å². The summed E-state index contributed by atoms with van der Waals surface area (Å²) in [4.78, 5) is 42.9. The lowest BCUT2D eigenvalue weighted by Gasteiger charge is -2.28. The number of alkyl halides is 3. The summed E-state index contributed by atoms with van der Waals surface area (Å²) >= 11 is 0. The number of rotatable bonds is 10. The summed E-state index contributed by atoms with van der Waals surface area (Å²) in [5, 5.41) is 0.397. The zero-order chi connectivity index (χ0) is 29.6. The van der Waals surface area contributed by atoms with Gasteiger partial charge in [0.1, 0.15) is 12.1 Å². The lowest BCUT2D eigenvalue weighted by Crippen LogP contribution is -2.44. The molecule has 3 aromatic carbocycles. The standard InChI is InChI=1S/C31H29F3N2O5/c1-21-8-13-27-26(16-21)29(38)24(20-41-27)18-36(17-22-6-4-3-5-7-22)28(37)19-35(14-15-40-2)30(39)23-9-11-25(12-10-23)31(32,33)34/h3-13,16,20H,14-15,17-19H2,1-2H3. The number of hydrogen-bond acceptors (Lipinski definition) is 5. The van der Waals surface area contributed by atoms with Gasteiger partial charge in [-0.25, -0.2) is 0 Å². The predicted molar refractivity (Wildman–Crippen MR) is 147 cm³/mol. The Morgan fingerprint density at radius 3 is 2.29 bits per heavy atom. The molecule has 0 N–H and O–H groups in total. The molecule has 0 saturated carbocycles. The van der Waals surface area contributed by atoms with E-state index in [9.17, 15) is 27.6 Å². The molecule has 4 aromatic rings. The zero-order valence-corrected chi connectivity index (χ0v) is 22.6. The van der Waals surface area contributed by atoms with Crippen LogP contribution in [-0.2, 0) is 28.8 Å². The van der Waals surface area contributed by atoms with Crippen molar-refractivity contribution in [3.63, 3.8) is 0 Å². The number of carbonyl (C=O) groups excluding carboxylic acids is 2. The van der Waals surface area contributed by atoms with Crippen LogP contribution in [0.1, 0.15) is 32.6 Å². The van der Waals surface area contributed by atoms with Crippen molar-refractivity contribution in [2.45, 2.75) is 26.2 Å². The Labute approximate surface area is 234 Å². The molecule has 0 bridgehead atoms. The van der Waals surface area contributed by atoms with Crippen molar-refractivity contribution in [2.24, 2.45) is 0 Å². The maximum Gasteiger partial charge on any atom is 0.416 e. The monoisotopic (exact) mass is 566 g/mol. The van der Waals surface area contributed by atoms with Crippen molar-refractivity contribution >= 4 is 22.8 Å². The Bertz CT molecular complexity index is 1570. The van der Waals surface area contributed by atoms with Gasteiger partial charge in [-0.3, -0.25) is 14.4 Å². The lowest BCUT2D eigenvalue weighted by molar-refractivity contribution is -0.137. The molecule has 0 aliphatic heterocycles. The molecule has 0 atom stereocenters. The van der Waals surface area contributed by atoms with E-state index in [4.69, 9.17) is 9.15 Å². The van der Waals surface area contributed by atoms with Crippen molar-refractivity contribution in [3.8, 4) is 0 Å². The van der Waals surface area contributed by atoms with Crippen LogP contribution in [0.5, 0.6) is 0 Å². The largest absolute Gasteiger partial charge is 0.464 e. The maximum absolute atomic E-state index is 13.7. The van der Waals surface area contributed by atoms with Crippen LogP contribution in [0.4, 0.5) is 13.2 Å². The molecule has 4 rings (SSSR count). The zero-order valence-electron chi connectivity index (χ0n) is 22.6. The molecule has 10 heteroatoms. The van der Waals surface area contributed by atoms with Gasteiger partial charge in [0.15, 0.2) is 5.43 Å². The third-order valence-electron chi connectivity index (χ3n) is 6.57. The fraction of sp³-hybridized carbons (Fsp3) is 0.258. The van der Waals surface area contributed by atoms with Gasteiger partial charge in [0, 0.05) is 25.8 Å². The maximum atomic E-state index is 13.7. The number of ether oxygens (including phenoxy) is 1. The lowest BCUT2D eigenvalue weighted by atomic mass is 10.1. The van der Waals surface area contributed by atoms with Crippen LogP contribution >= 0.6 is 0 Å². The Morgan fingerprint density at radius 2 is 1.63 bits per heavy atom. The van der Waals surface area contributed by atoms with E-state index in [0.717, 1.165) is 35.4 Å². The van der Waals surface area contributed by atoms with Crippen LogP contribution in [0, 0.1) is 6.92 Å². The Kier molecular flexibility index (Phi) is 9.24. The molecule has 0 saturated heterocycles. The number of carbonyl (C=O) groups is 2. The fourth-order valence-electron chi connectivity index (χ4n) is 4.34. The molecule has 7 nitrogen and oxygen atoms in total. The number of nitrogens with zero attached hydrogens (tertiary/aromatic N) is 2. The molecular formula is C31H29F3N2O5. The number of methoxy groups -OCH3 is 1. The van der Waals surface area contributed by atoms with E-state index in [2.05, 4.69) is 0 Å². The van der Waals surface area contributed by atoms with E-state index >= 15 is 0 Å². The van der Waals surface area contributed by atoms with Crippen LogP contribution in [0.15, 0.2) is 88.3 Å². The quantitative estimate of drug-likeness (QED) is 0.256. The molecule has 214 valence electrons. The van der Waals surface area contributed by atoms with E-state index in [1.807, 2.05) is 43.3 Å². The molecule has 0 aliphatic carbocycles. The first kappa shape index (κ1) is 29.5. The summed E-state index contributed by atoms with van der Waals surface area (Å²) in [6.45, 7) is 1.68. The average molecular weight is 567 g/mol. The highest BCUT2D eigenvalue weighted by Crippen LogP contribution is 2.29. The van der Waals surface area contributed by atoms with E-state index in [1.54, 1.807) is 12.1 Å². The number of fused-ring (bicyclic) bond motifs is 1.